The number of carbonyl (C=O) groups is 1. The van der Waals surface area contributed by atoms with Crippen LogP contribution in [-0.2, 0) is 6.54 Å². The van der Waals surface area contributed by atoms with E-state index in [4.69, 9.17) is 14.6 Å². The smallest absolute Gasteiger partial charge is 0.338 e. The fourth-order valence-electron chi connectivity index (χ4n) is 1.42. The lowest BCUT2D eigenvalue weighted by Gasteiger charge is -2.24. The first-order chi connectivity index (χ1) is 7.54. The fraction of sp³-hybridized carbons (Fsp3) is 0.545. The first kappa shape index (κ1) is 12.7. The molecule has 1 aromatic rings. The van der Waals surface area contributed by atoms with Crippen molar-refractivity contribution in [2.45, 2.75) is 26.4 Å². The summed E-state index contributed by atoms with van der Waals surface area (Å²) in [6, 6.07) is 1.78. The quantitative estimate of drug-likeness (QED) is 0.763. The van der Waals surface area contributed by atoms with Gasteiger partial charge in [-0.3, -0.25) is 4.90 Å². The van der Waals surface area contributed by atoms with Crippen LogP contribution in [-0.4, -0.2) is 40.3 Å². The van der Waals surface area contributed by atoms with Gasteiger partial charge < -0.3 is 14.6 Å². The molecule has 0 radical (unpaired) electrons. The Morgan fingerprint density at radius 2 is 2.25 bits per heavy atom. The number of aromatic carboxylic acids is 1. The van der Waals surface area contributed by atoms with Crippen LogP contribution < -0.4 is 0 Å². The third kappa shape index (κ3) is 3.36. The van der Waals surface area contributed by atoms with E-state index in [1.54, 1.807) is 0 Å². The Hall–Kier alpha value is -1.33. The molecule has 0 atom stereocenters. The lowest BCUT2D eigenvalue weighted by molar-refractivity contribution is 0.0696. The van der Waals surface area contributed by atoms with Crippen molar-refractivity contribution in [2.75, 3.05) is 13.2 Å². The van der Waals surface area contributed by atoms with Crippen molar-refractivity contribution in [1.29, 1.82) is 0 Å². The zero-order chi connectivity index (χ0) is 12.1. The molecule has 0 fully saturated rings. The van der Waals surface area contributed by atoms with Crippen molar-refractivity contribution in [3.8, 4) is 0 Å². The van der Waals surface area contributed by atoms with Crippen LogP contribution in [0.25, 0.3) is 0 Å². The normalized spacial score (nSPS) is 11.3. The van der Waals surface area contributed by atoms with Crippen LogP contribution in [0.15, 0.2) is 16.7 Å². The van der Waals surface area contributed by atoms with E-state index in [1.165, 1.54) is 12.3 Å². The van der Waals surface area contributed by atoms with E-state index >= 15 is 0 Å². The SMILES string of the molecule is CC(C)N(CCO)Cc1cc(C(=O)O)co1. The maximum Gasteiger partial charge on any atom is 0.338 e. The molecule has 0 unspecified atom stereocenters. The Bertz CT molecular complexity index is 346. The van der Waals surface area contributed by atoms with E-state index in [-0.39, 0.29) is 18.2 Å². The number of hydrogen-bond donors (Lipinski definition) is 2. The molecule has 0 saturated heterocycles. The van der Waals surface area contributed by atoms with Gasteiger partial charge in [0.05, 0.1) is 18.7 Å². The molecule has 2 N–H and O–H groups in total. The summed E-state index contributed by atoms with van der Waals surface area (Å²) >= 11 is 0. The Balaban J connectivity index is 2.66. The summed E-state index contributed by atoms with van der Waals surface area (Å²) in [7, 11) is 0. The highest BCUT2D eigenvalue weighted by Crippen LogP contribution is 2.12. The summed E-state index contributed by atoms with van der Waals surface area (Å²) in [6.45, 7) is 5.14. The number of rotatable bonds is 6. The highest BCUT2D eigenvalue weighted by atomic mass is 16.4. The second-order valence-electron chi connectivity index (χ2n) is 3.89. The molecule has 1 aromatic heterocycles. The van der Waals surface area contributed by atoms with E-state index in [9.17, 15) is 4.79 Å². The number of aliphatic hydroxyl groups is 1. The maximum absolute atomic E-state index is 10.6. The average Bonchev–Trinajstić information content (AvgIpc) is 2.65. The molecule has 0 aliphatic carbocycles. The third-order valence-corrected chi connectivity index (χ3v) is 2.38. The molecule has 0 aromatic carbocycles. The Kier molecular flexibility index (Phi) is 4.52. The molecule has 90 valence electrons. The number of furan rings is 1. The molecule has 0 bridgehead atoms. The molecule has 0 aliphatic rings. The summed E-state index contributed by atoms with van der Waals surface area (Å²) < 4.78 is 5.15. The van der Waals surface area contributed by atoms with Crippen molar-refractivity contribution >= 4 is 5.97 Å². The average molecular weight is 227 g/mol. The van der Waals surface area contributed by atoms with Gasteiger partial charge in [0.2, 0.25) is 0 Å². The summed E-state index contributed by atoms with van der Waals surface area (Å²) in [5.41, 5.74) is 0.155. The molecule has 1 rings (SSSR count). The zero-order valence-corrected chi connectivity index (χ0v) is 9.51. The van der Waals surface area contributed by atoms with Crippen LogP contribution in [0.1, 0.15) is 30.0 Å². The van der Waals surface area contributed by atoms with Crippen LogP contribution in [0.3, 0.4) is 0 Å². The monoisotopic (exact) mass is 227 g/mol. The lowest BCUT2D eigenvalue weighted by Crippen LogP contribution is -2.32. The number of hydrogen-bond acceptors (Lipinski definition) is 4. The summed E-state index contributed by atoms with van der Waals surface area (Å²) in [4.78, 5) is 12.7. The van der Waals surface area contributed by atoms with Crippen molar-refractivity contribution in [3.63, 3.8) is 0 Å². The Morgan fingerprint density at radius 3 is 2.69 bits per heavy atom. The highest BCUT2D eigenvalue weighted by Gasteiger charge is 2.13. The third-order valence-electron chi connectivity index (χ3n) is 2.38. The van der Waals surface area contributed by atoms with Crippen LogP contribution in [0.5, 0.6) is 0 Å². The van der Waals surface area contributed by atoms with Gasteiger partial charge in [-0.1, -0.05) is 0 Å². The van der Waals surface area contributed by atoms with Gasteiger partial charge in [0.25, 0.3) is 0 Å². The number of aliphatic hydroxyl groups excluding tert-OH is 1. The molecule has 5 nitrogen and oxygen atoms in total. The zero-order valence-electron chi connectivity index (χ0n) is 9.51. The number of nitrogens with zero attached hydrogens (tertiary/aromatic N) is 1. The minimum atomic E-state index is -0.992. The Morgan fingerprint density at radius 1 is 1.56 bits per heavy atom. The highest BCUT2D eigenvalue weighted by molar-refractivity contribution is 5.87. The minimum Gasteiger partial charge on any atom is -0.478 e. The molecular formula is C11H17NO4. The molecule has 0 spiro atoms. The number of carboxylic acids is 1. The van der Waals surface area contributed by atoms with E-state index in [1.807, 2.05) is 18.7 Å². The molecule has 5 heteroatoms. The predicted octanol–water partition coefficient (Wildman–Crippen LogP) is 1.18. The molecule has 16 heavy (non-hydrogen) atoms. The second kappa shape index (κ2) is 5.67. The summed E-state index contributed by atoms with van der Waals surface area (Å²) in [6.07, 6.45) is 1.23. The van der Waals surface area contributed by atoms with Crippen LogP contribution in [0.4, 0.5) is 0 Å². The number of carboxylic acid groups (broad SMARTS) is 1. The van der Waals surface area contributed by atoms with Crippen LogP contribution in [0.2, 0.25) is 0 Å². The van der Waals surface area contributed by atoms with Crippen molar-refractivity contribution < 1.29 is 19.4 Å². The van der Waals surface area contributed by atoms with Gasteiger partial charge in [0.15, 0.2) is 0 Å². The van der Waals surface area contributed by atoms with Gasteiger partial charge in [0, 0.05) is 12.6 Å². The fourth-order valence-corrected chi connectivity index (χ4v) is 1.42. The first-order valence-corrected chi connectivity index (χ1v) is 5.20. The maximum atomic E-state index is 10.6. The van der Waals surface area contributed by atoms with Crippen molar-refractivity contribution in [2.24, 2.45) is 0 Å². The van der Waals surface area contributed by atoms with Crippen LogP contribution in [0, 0.1) is 0 Å². The van der Waals surface area contributed by atoms with Gasteiger partial charge in [0.1, 0.15) is 12.0 Å². The summed E-state index contributed by atoms with van der Waals surface area (Å²) in [5.74, 6) is -0.396. The molecule has 1 heterocycles. The molecule has 0 aliphatic heterocycles. The topological polar surface area (TPSA) is 73.9 Å². The van der Waals surface area contributed by atoms with E-state index in [0.717, 1.165) is 0 Å². The van der Waals surface area contributed by atoms with E-state index in [0.29, 0.717) is 18.8 Å². The van der Waals surface area contributed by atoms with Crippen molar-refractivity contribution in [3.05, 3.63) is 23.7 Å². The van der Waals surface area contributed by atoms with Gasteiger partial charge in [-0.2, -0.15) is 0 Å². The Labute approximate surface area is 94.3 Å². The minimum absolute atomic E-state index is 0.0741. The van der Waals surface area contributed by atoms with E-state index in [2.05, 4.69) is 0 Å². The van der Waals surface area contributed by atoms with Gasteiger partial charge in [-0.15, -0.1) is 0 Å². The van der Waals surface area contributed by atoms with Gasteiger partial charge in [-0.25, -0.2) is 4.79 Å². The van der Waals surface area contributed by atoms with E-state index < -0.39 is 5.97 Å². The molecule has 0 amide bonds. The van der Waals surface area contributed by atoms with Crippen molar-refractivity contribution in [1.82, 2.24) is 4.90 Å². The largest absolute Gasteiger partial charge is 0.478 e. The first-order valence-electron chi connectivity index (χ1n) is 5.20. The van der Waals surface area contributed by atoms with Gasteiger partial charge >= 0.3 is 5.97 Å². The van der Waals surface area contributed by atoms with Crippen LogP contribution >= 0.6 is 0 Å². The summed E-state index contributed by atoms with van der Waals surface area (Å²) in [5, 5.41) is 17.6. The molecular weight excluding hydrogens is 210 g/mol. The van der Waals surface area contributed by atoms with Gasteiger partial charge in [-0.05, 0) is 19.9 Å². The lowest BCUT2D eigenvalue weighted by atomic mass is 10.2. The molecule has 0 saturated carbocycles. The standard InChI is InChI=1S/C11H17NO4/c1-8(2)12(3-4-13)6-10-5-9(7-16-10)11(14)15/h5,7-8,13H,3-4,6H2,1-2H3,(H,14,15). The predicted molar refractivity (Wildman–Crippen MR) is 58.3 cm³/mol. The second-order valence-corrected chi connectivity index (χ2v) is 3.89.